The molecule has 6 heteroatoms. The Labute approximate surface area is 174 Å². The summed E-state index contributed by atoms with van der Waals surface area (Å²) in [4.78, 5) is 12.7. The number of sulfonamides is 1. The van der Waals surface area contributed by atoms with E-state index in [4.69, 9.17) is 0 Å². The second kappa shape index (κ2) is 9.09. The van der Waals surface area contributed by atoms with E-state index in [0.29, 0.717) is 25.9 Å². The zero-order chi connectivity index (χ0) is 21.0. The lowest BCUT2D eigenvalue weighted by Gasteiger charge is -2.31. The van der Waals surface area contributed by atoms with Crippen molar-refractivity contribution in [2.24, 2.45) is 5.92 Å². The number of benzene rings is 2. The van der Waals surface area contributed by atoms with Gasteiger partial charge in [-0.25, -0.2) is 12.7 Å². The van der Waals surface area contributed by atoms with Crippen LogP contribution in [0.2, 0.25) is 0 Å². The standard InChI is InChI=1S/C23H30N2O3S/c1-17-9-10-22(18(2)15-17)19(3)24-23(26)21-11-13-25(14-12-21)29(27,28)16-20-7-5-4-6-8-20/h4-10,15,19,21H,11-14,16H2,1-3H3,(H,24,26)/t19-/m0/s1. The van der Waals surface area contributed by atoms with Gasteiger partial charge in [-0.2, -0.15) is 0 Å². The maximum atomic E-state index is 12.7. The van der Waals surface area contributed by atoms with Crippen LogP contribution in [-0.4, -0.2) is 31.7 Å². The van der Waals surface area contributed by atoms with Gasteiger partial charge in [-0.1, -0.05) is 54.1 Å². The number of carbonyl (C=O) groups is 1. The minimum absolute atomic E-state index is 0.00837. The first kappa shape index (κ1) is 21.5. The van der Waals surface area contributed by atoms with E-state index in [0.717, 1.165) is 11.1 Å². The largest absolute Gasteiger partial charge is 0.349 e. The summed E-state index contributed by atoms with van der Waals surface area (Å²) in [5, 5.41) is 3.11. The van der Waals surface area contributed by atoms with E-state index >= 15 is 0 Å². The summed E-state index contributed by atoms with van der Waals surface area (Å²) in [5.74, 6) is -0.127. The Morgan fingerprint density at radius 1 is 1.10 bits per heavy atom. The van der Waals surface area contributed by atoms with Gasteiger partial charge >= 0.3 is 0 Å². The Balaban J connectivity index is 1.55. The number of amides is 1. The van der Waals surface area contributed by atoms with E-state index in [2.05, 4.69) is 37.4 Å². The van der Waals surface area contributed by atoms with Crippen LogP contribution >= 0.6 is 0 Å². The minimum atomic E-state index is -3.36. The van der Waals surface area contributed by atoms with Gasteiger partial charge in [0.1, 0.15) is 0 Å². The predicted molar refractivity (Wildman–Crippen MR) is 116 cm³/mol. The van der Waals surface area contributed by atoms with Gasteiger partial charge in [0.2, 0.25) is 15.9 Å². The maximum Gasteiger partial charge on any atom is 0.223 e. The lowest BCUT2D eigenvalue weighted by molar-refractivity contribution is -0.126. The molecule has 0 bridgehead atoms. The number of nitrogens with zero attached hydrogens (tertiary/aromatic N) is 1. The van der Waals surface area contributed by atoms with E-state index in [-0.39, 0.29) is 23.6 Å². The van der Waals surface area contributed by atoms with Gasteiger partial charge in [-0.3, -0.25) is 4.79 Å². The molecule has 0 spiro atoms. The molecule has 1 amide bonds. The highest BCUT2D eigenvalue weighted by Gasteiger charge is 2.31. The molecule has 3 rings (SSSR count). The Kier molecular flexibility index (Phi) is 6.75. The first-order chi connectivity index (χ1) is 13.8. The molecule has 1 fully saturated rings. The summed E-state index contributed by atoms with van der Waals surface area (Å²) in [7, 11) is -3.36. The number of piperidine rings is 1. The molecule has 1 aliphatic heterocycles. The third-order valence-electron chi connectivity index (χ3n) is 5.66. The molecular formula is C23H30N2O3S. The molecule has 0 saturated carbocycles. The summed E-state index contributed by atoms with van der Waals surface area (Å²) in [5.41, 5.74) is 4.27. The number of nitrogens with one attached hydrogen (secondary N) is 1. The maximum absolute atomic E-state index is 12.7. The fourth-order valence-corrected chi connectivity index (χ4v) is 5.56. The van der Waals surface area contributed by atoms with Crippen molar-refractivity contribution >= 4 is 15.9 Å². The van der Waals surface area contributed by atoms with Gasteiger partial charge in [0.05, 0.1) is 11.8 Å². The third kappa shape index (κ3) is 5.46. The first-order valence-electron chi connectivity index (χ1n) is 10.2. The molecule has 2 aromatic rings. The van der Waals surface area contributed by atoms with Gasteiger partial charge in [-0.05, 0) is 50.3 Å². The van der Waals surface area contributed by atoms with Crippen LogP contribution in [0.3, 0.4) is 0 Å². The van der Waals surface area contributed by atoms with E-state index < -0.39 is 10.0 Å². The van der Waals surface area contributed by atoms with Crippen LogP contribution < -0.4 is 5.32 Å². The van der Waals surface area contributed by atoms with Crippen LogP contribution in [-0.2, 0) is 20.6 Å². The van der Waals surface area contributed by atoms with Crippen molar-refractivity contribution in [3.63, 3.8) is 0 Å². The Hall–Kier alpha value is -2.18. The van der Waals surface area contributed by atoms with Crippen LogP contribution in [0.4, 0.5) is 0 Å². The molecule has 5 nitrogen and oxygen atoms in total. The van der Waals surface area contributed by atoms with Gasteiger partial charge in [0.15, 0.2) is 0 Å². The highest BCUT2D eigenvalue weighted by Crippen LogP contribution is 2.24. The van der Waals surface area contributed by atoms with Crippen LogP contribution in [0.5, 0.6) is 0 Å². The number of aryl methyl sites for hydroxylation is 2. The zero-order valence-electron chi connectivity index (χ0n) is 17.4. The summed E-state index contributed by atoms with van der Waals surface area (Å²) in [6.45, 7) is 6.89. The molecule has 1 saturated heterocycles. The average molecular weight is 415 g/mol. The van der Waals surface area contributed by atoms with Crippen molar-refractivity contribution in [1.82, 2.24) is 9.62 Å². The normalized spacial score (nSPS) is 17.1. The number of hydrogen-bond donors (Lipinski definition) is 1. The van der Waals surface area contributed by atoms with Crippen LogP contribution in [0.15, 0.2) is 48.5 Å². The molecule has 0 aliphatic carbocycles. The summed E-state index contributed by atoms with van der Waals surface area (Å²) >= 11 is 0. The second-order valence-corrected chi connectivity index (χ2v) is 9.97. The van der Waals surface area contributed by atoms with E-state index in [1.807, 2.05) is 37.3 Å². The minimum Gasteiger partial charge on any atom is -0.349 e. The van der Waals surface area contributed by atoms with Gasteiger partial charge < -0.3 is 5.32 Å². The Morgan fingerprint density at radius 3 is 2.38 bits per heavy atom. The Bertz CT molecular complexity index is 949. The van der Waals surface area contributed by atoms with Gasteiger partial charge in [0, 0.05) is 19.0 Å². The average Bonchev–Trinajstić information content (AvgIpc) is 2.68. The highest BCUT2D eigenvalue weighted by molar-refractivity contribution is 7.88. The molecule has 0 aromatic heterocycles. The molecule has 1 aliphatic rings. The topological polar surface area (TPSA) is 66.5 Å². The molecule has 1 N–H and O–H groups in total. The van der Waals surface area contributed by atoms with Crippen molar-refractivity contribution in [1.29, 1.82) is 0 Å². The fraction of sp³-hybridized carbons (Fsp3) is 0.435. The monoisotopic (exact) mass is 414 g/mol. The molecule has 1 atom stereocenters. The summed E-state index contributed by atoms with van der Waals surface area (Å²) in [6.07, 6.45) is 1.11. The van der Waals surface area contributed by atoms with Crippen LogP contribution in [0.25, 0.3) is 0 Å². The molecule has 156 valence electrons. The molecule has 1 heterocycles. The Morgan fingerprint density at radius 2 is 1.76 bits per heavy atom. The van der Waals surface area contributed by atoms with Crippen molar-refractivity contribution in [2.75, 3.05) is 13.1 Å². The fourth-order valence-electron chi connectivity index (χ4n) is 3.99. The van der Waals surface area contributed by atoms with E-state index in [1.165, 1.54) is 15.4 Å². The second-order valence-electron chi connectivity index (χ2n) is 8.01. The molecular weight excluding hydrogens is 384 g/mol. The third-order valence-corrected chi connectivity index (χ3v) is 7.51. The lowest BCUT2D eigenvalue weighted by Crippen LogP contribution is -2.43. The summed E-state index contributed by atoms with van der Waals surface area (Å²) < 4.78 is 26.9. The molecule has 0 unspecified atom stereocenters. The number of hydrogen-bond acceptors (Lipinski definition) is 3. The molecule has 0 radical (unpaired) electrons. The zero-order valence-corrected chi connectivity index (χ0v) is 18.2. The SMILES string of the molecule is Cc1ccc([C@H](C)NC(=O)C2CCN(S(=O)(=O)Cc3ccccc3)CC2)c(C)c1. The van der Waals surface area contributed by atoms with Crippen molar-refractivity contribution < 1.29 is 13.2 Å². The quantitative estimate of drug-likeness (QED) is 0.783. The summed E-state index contributed by atoms with van der Waals surface area (Å²) in [6, 6.07) is 15.4. The van der Waals surface area contributed by atoms with E-state index in [9.17, 15) is 13.2 Å². The number of rotatable bonds is 6. The molecule has 2 aromatic carbocycles. The van der Waals surface area contributed by atoms with Crippen LogP contribution in [0, 0.1) is 19.8 Å². The van der Waals surface area contributed by atoms with Gasteiger partial charge in [0.25, 0.3) is 0 Å². The smallest absolute Gasteiger partial charge is 0.223 e. The van der Waals surface area contributed by atoms with Crippen molar-refractivity contribution in [2.45, 2.75) is 45.4 Å². The molecule has 29 heavy (non-hydrogen) atoms. The highest BCUT2D eigenvalue weighted by atomic mass is 32.2. The van der Waals surface area contributed by atoms with Crippen LogP contribution in [0.1, 0.15) is 48.1 Å². The first-order valence-corrected chi connectivity index (χ1v) is 11.8. The lowest BCUT2D eigenvalue weighted by atomic mass is 9.95. The number of carbonyl (C=O) groups excluding carboxylic acids is 1. The van der Waals surface area contributed by atoms with Crippen molar-refractivity contribution in [3.05, 3.63) is 70.8 Å². The van der Waals surface area contributed by atoms with E-state index in [1.54, 1.807) is 0 Å². The predicted octanol–water partition coefficient (Wildman–Crippen LogP) is 3.72. The van der Waals surface area contributed by atoms with Gasteiger partial charge in [-0.15, -0.1) is 0 Å². The van der Waals surface area contributed by atoms with Crippen molar-refractivity contribution in [3.8, 4) is 0 Å².